The average Bonchev–Trinajstić information content (AvgIpc) is 2.88. The molecule has 35 heavy (non-hydrogen) atoms. The number of aliphatic hydroxyl groups is 1. The number of benzene rings is 3. The number of amides is 1. The molecule has 0 saturated heterocycles. The van der Waals surface area contributed by atoms with Gasteiger partial charge in [0.1, 0.15) is 12.4 Å². The van der Waals surface area contributed by atoms with Gasteiger partial charge in [-0.3, -0.25) is 0 Å². The minimum atomic E-state index is -0.851. The maximum atomic E-state index is 11.8. The smallest absolute Gasteiger partial charge is 0.407 e. The monoisotopic (exact) mass is 511 g/mol. The predicted molar refractivity (Wildman–Crippen MR) is 141 cm³/mol. The first-order valence-electron chi connectivity index (χ1n) is 11.3. The Bertz CT molecular complexity index is 1110. The third-order valence-electron chi connectivity index (χ3n) is 5.60. The van der Waals surface area contributed by atoms with E-state index in [0.29, 0.717) is 30.9 Å². The third-order valence-corrected chi connectivity index (χ3v) is 6.94. The SMILES string of the molecule is C=CCC(CO)(CCc1ccc(Sc2ccc(OCc3ccccc3)cc2)cc1Cl)NC(=O)OC. The number of carbonyl (C=O) groups excluding carboxylic acids is 1. The van der Waals surface area contributed by atoms with Crippen LogP contribution in [0, 0.1) is 0 Å². The highest BCUT2D eigenvalue weighted by atomic mass is 35.5. The van der Waals surface area contributed by atoms with E-state index in [1.165, 1.54) is 7.11 Å². The minimum absolute atomic E-state index is 0.231. The summed E-state index contributed by atoms with van der Waals surface area (Å²) in [6, 6.07) is 24.0. The summed E-state index contributed by atoms with van der Waals surface area (Å²) >= 11 is 8.19. The molecule has 2 N–H and O–H groups in total. The Hall–Kier alpha value is -2.93. The second-order valence-corrected chi connectivity index (χ2v) is 9.70. The van der Waals surface area contributed by atoms with Crippen LogP contribution in [0.4, 0.5) is 4.79 Å². The molecule has 0 aliphatic carbocycles. The van der Waals surface area contributed by atoms with E-state index >= 15 is 0 Å². The zero-order valence-electron chi connectivity index (χ0n) is 19.7. The summed E-state index contributed by atoms with van der Waals surface area (Å²) in [4.78, 5) is 13.9. The van der Waals surface area contributed by atoms with Crippen LogP contribution in [0.25, 0.3) is 0 Å². The highest BCUT2D eigenvalue weighted by Gasteiger charge is 2.30. The molecule has 1 atom stereocenters. The molecule has 0 aliphatic rings. The molecular formula is C28H30ClNO4S. The van der Waals surface area contributed by atoms with Crippen molar-refractivity contribution >= 4 is 29.5 Å². The van der Waals surface area contributed by atoms with Crippen molar-refractivity contribution in [2.45, 2.75) is 41.2 Å². The van der Waals surface area contributed by atoms with Gasteiger partial charge >= 0.3 is 6.09 Å². The van der Waals surface area contributed by atoms with E-state index in [-0.39, 0.29) is 6.61 Å². The van der Waals surface area contributed by atoms with E-state index < -0.39 is 11.6 Å². The summed E-state index contributed by atoms with van der Waals surface area (Å²) in [6.45, 7) is 4.04. The van der Waals surface area contributed by atoms with Crippen molar-refractivity contribution in [1.82, 2.24) is 5.32 Å². The van der Waals surface area contributed by atoms with Gasteiger partial charge in [0.2, 0.25) is 0 Å². The van der Waals surface area contributed by atoms with Gasteiger partial charge in [-0.2, -0.15) is 0 Å². The Morgan fingerprint density at radius 2 is 1.83 bits per heavy atom. The van der Waals surface area contributed by atoms with Crippen LogP contribution < -0.4 is 10.1 Å². The molecule has 5 nitrogen and oxygen atoms in total. The van der Waals surface area contributed by atoms with Gasteiger partial charge in [0.05, 0.1) is 19.3 Å². The van der Waals surface area contributed by atoms with Gasteiger partial charge in [0.15, 0.2) is 0 Å². The van der Waals surface area contributed by atoms with E-state index in [9.17, 15) is 9.90 Å². The summed E-state index contributed by atoms with van der Waals surface area (Å²) in [5.74, 6) is 0.819. The largest absolute Gasteiger partial charge is 0.489 e. The quantitative estimate of drug-likeness (QED) is 0.266. The van der Waals surface area contributed by atoms with Crippen molar-refractivity contribution in [1.29, 1.82) is 0 Å². The van der Waals surface area contributed by atoms with Crippen LogP contribution in [0.15, 0.2) is 95.2 Å². The lowest BCUT2D eigenvalue weighted by Gasteiger charge is -2.31. The van der Waals surface area contributed by atoms with Gasteiger partial charge in [0.25, 0.3) is 0 Å². The fraction of sp³-hybridized carbons (Fsp3) is 0.250. The fourth-order valence-corrected chi connectivity index (χ4v) is 4.79. The molecule has 7 heteroatoms. The molecule has 3 rings (SSSR count). The molecule has 3 aromatic carbocycles. The number of carbonyl (C=O) groups is 1. The summed E-state index contributed by atoms with van der Waals surface area (Å²) in [5, 5.41) is 13.3. The second-order valence-electron chi connectivity index (χ2n) is 8.15. The molecule has 0 heterocycles. The number of rotatable bonds is 12. The van der Waals surface area contributed by atoms with Crippen molar-refractivity contribution in [2.24, 2.45) is 0 Å². The Balaban J connectivity index is 1.59. The van der Waals surface area contributed by atoms with Gasteiger partial charge in [-0.15, -0.1) is 6.58 Å². The molecule has 0 aliphatic heterocycles. The van der Waals surface area contributed by atoms with Crippen LogP contribution in [0.1, 0.15) is 24.0 Å². The number of aryl methyl sites for hydroxylation is 1. The molecule has 0 bridgehead atoms. The lowest BCUT2D eigenvalue weighted by molar-refractivity contribution is 0.121. The van der Waals surface area contributed by atoms with Crippen LogP contribution in [0.5, 0.6) is 5.75 Å². The molecular weight excluding hydrogens is 482 g/mol. The third kappa shape index (κ3) is 8.06. The van der Waals surface area contributed by atoms with Crippen molar-refractivity contribution in [2.75, 3.05) is 13.7 Å². The lowest BCUT2D eigenvalue weighted by Crippen LogP contribution is -2.51. The van der Waals surface area contributed by atoms with Gasteiger partial charge in [-0.25, -0.2) is 4.79 Å². The molecule has 0 aromatic heterocycles. The van der Waals surface area contributed by atoms with E-state index in [1.807, 2.05) is 72.8 Å². The van der Waals surface area contributed by atoms with Gasteiger partial charge < -0.3 is 19.9 Å². The zero-order chi connectivity index (χ0) is 25.1. The second kappa shape index (κ2) is 13.2. The number of aliphatic hydroxyl groups excluding tert-OH is 1. The summed E-state index contributed by atoms with van der Waals surface area (Å²) in [5.41, 5.74) is 1.22. The van der Waals surface area contributed by atoms with Gasteiger partial charge in [0, 0.05) is 14.8 Å². The number of alkyl carbamates (subject to hydrolysis) is 1. The Kier molecular flexibility index (Phi) is 10.1. The van der Waals surface area contributed by atoms with Crippen LogP contribution in [0.3, 0.4) is 0 Å². The average molecular weight is 512 g/mol. The van der Waals surface area contributed by atoms with E-state index in [1.54, 1.807) is 17.8 Å². The number of ether oxygens (including phenoxy) is 2. The standard InChI is InChI=1S/C28H30ClNO4S/c1-3-16-28(20-31,30-27(32)33-2)17-15-22-9-12-25(18-26(22)29)35-24-13-10-23(11-14-24)34-19-21-7-5-4-6-8-21/h3-14,18,31H,1,15-17,19-20H2,2H3,(H,30,32). The Labute approximate surface area is 216 Å². The molecule has 0 radical (unpaired) electrons. The van der Waals surface area contributed by atoms with Crippen LogP contribution >= 0.6 is 23.4 Å². The van der Waals surface area contributed by atoms with Crippen LogP contribution in [-0.2, 0) is 17.8 Å². The molecule has 0 fully saturated rings. The lowest BCUT2D eigenvalue weighted by atomic mass is 9.88. The number of hydrogen-bond acceptors (Lipinski definition) is 5. The molecule has 1 amide bonds. The molecule has 184 valence electrons. The van der Waals surface area contributed by atoms with Crippen molar-refractivity contribution in [3.8, 4) is 5.75 Å². The highest BCUT2D eigenvalue weighted by molar-refractivity contribution is 7.99. The number of halogens is 1. The predicted octanol–water partition coefficient (Wildman–Crippen LogP) is 6.67. The summed E-state index contributed by atoms with van der Waals surface area (Å²) < 4.78 is 10.6. The summed E-state index contributed by atoms with van der Waals surface area (Å²) in [6.07, 6.45) is 2.56. The van der Waals surface area contributed by atoms with E-state index in [0.717, 1.165) is 26.7 Å². The zero-order valence-corrected chi connectivity index (χ0v) is 21.3. The maximum Gasteiger partial charge on any atom is 0.407 e. The first kappa shape index (κ1) is 26.7. The molecule has 3 aromatic rings. The fourth-order valence-electron chi connectivity index (χ4n) is 3.59. The van der Waals surface area contributed by atoms with Gasteiger partial charge in [-0.05, 0) is 66.8 Å². The number of hydrogen-bond donors (Lipinski definition) is 2. The van der Waals surface area contributed by atoms with Crippen LogP contribution in [-0.4, -0.2) is 30.5 Å². The molecule has 0 spiro atoms. The minimum Gasteiger partial charge on any atom is -0.489 e. The number of methoxy groups -OCH3 is 1. The van der Waals surface area contributed by atoms with E-state index in [2.05, 4.69) is 11.9 Å². The normalized spacial score (nSPS) is 12.4. The topological polar surface area (TPSA) is 67.8 Å². The van der Waals surface area contributed by atoms with E-state index in [4.69, 9.17) is 21.1 Å². The highest BCUT2D eigenvalue weighted by Crippen LogP contribution is 2.33. The van der Waals surface area contributed by atoms with Gasteiger partial charge in [-0.1, -0.05) is 65.8 Å². The van der Waals surface area contributed by atoms with Crippen LogP contribution in [0.2, 0.25) is 5.02 Å². The van der Waals surface area contributed by atoms with Crippen molar-refractivity contribution < 1.29 is 19.4 Å². The first-order valence-corrected chi connectivity index (χ1v) is 12.5. The van der Waals surface area contributed by atoms with Crippen molar-refractivity contribution in [3.05, 3.63) is 102 Å². The first-order chi connectivity index (χ1) is 17.0. The Morgan fingerprint density at radius 3 is 2.46 bits per heavy atom. The number of nitrogens with one attached hydrogen (secondary N) is 1. The molecule has 1 unspecified atom stereocenters. The maximum absolute atomic E-state index is 11.8. The Morgan fingerprint density at radius 1 is 1.11 bits per heavy atom. The summed E-state index contributed by atoms with van der Waals surface area (Å²) in [7, 11) is 1.30. The molecule has 0 saturated carbocycles. The van der Waals surface area contributed by atoms with Crippen molar-refractivity contribution in [3.63, 3.8) is 0 Å².